The first-order chi connectivity index (χ1) is 7.70. The largest absolute Gasteiger partial charge is 0.352 e. The van der Waals surface area contributed by atoms with Gasteiger partial charge in [0.25, 0.3) is 0 Å². The maximum absolute atomic E-state index is 8.73. The maximum Gasteiger partial charge on any atom is 0.186 e. The van der Waals surface area contributed by atoms with Gasteiger partial charge in [0.15, 0.2) is 10.3 Å². The number of anilines is 1. The van der Waals surface area contributed by atoms with Crippen LogP contribution in [-0.2, 0) is 0 Å². The first kappa shape index (κ1) is 10.9. The third kappa shape index (κ3) is 2.13. The average molecular weight is 255 g/mol. The van der Waals surface area contributed by atoms with E-state index in [1.807, 2.05) is 13.0 Å². The van der Waals surface area contributed by atoms with Gasteiger partial charge in [0.1, 0.15) is 23.1 Å². The highest BCUT2D eigenvalue weighted by Crippen LogP contribution is 2.27. The molecule has 0 saturated carbocycles. The molecule has 8 heteroatoms. The number of hydrogen-bond donors (Lipinski definition) is 2. The van der Waals surface area contributed by atoms with Gasteiger partial charge in [0.05, 0.1) is 6.04 Å². The van der Waals surface area contributed by atoms with Crippen molar-refractivity contribution in [1.82, 2.24) is 20.2 Å². The van der Waals surface area contributed by atoms with Gasteiger partial charge in [0.2, 0.25) is 0 Å². The Morgan fingerprint density at radius 1 is 1.69 bits per heavy atom. The lowest BCUT2D eigenvalue weighted by atomic mass is 10.3. The predicted octanol–water partition coefficient (Wildman–Crippen LogP) is 1.96. The molecule has 2 N–H and O–H groups in total. The molecule has 0 amide bonds. The van der Waals surface area contributed by atoms with Crippen molar-refractivity contribution in [3.8, 4) is 6.07 Å². The van der Waals surface area contributed by atoms with E-state index in [-0.39, 0.29) is 11.2 Å². The molecule has 1 atom stereocenters. The second-order valence-corrected chi connectivity index (χ2v) is 4.34. The van der Waals surface area contributed by atoms with Crippen LogP contribution in [-0.4, -0.2) is 20.2 Å². The highest BCUT2D eigenvalue weighted by Gasteiger charge is 2.13. The molecule has 2 rings (SSSR count). The van der Waals surface area contributed by atoms with Crippen LogP contribution >= 0.6 is 22.9 Å². The zero-order chi connectivity index (χ0) is 11.5. The molecular formula is C8H7ClN6S. The number of rotatable bonds is 3. The molecule has 0 fully saturated rings. The van der Waals surface area contributed by atoms with Crippen molar-refractivity contribution in [3.05, 3.63) is 22.2 Å². The predicted molar refractivity (Wildman–Crippen MR) is 60.3 cm³/mol. The van der Waals surface area contributed by atoms with E-state index in [0.717, 1.165) is 0 Å². The third-order valence-electron chi connectivity index (χ3n) is 1.87. The van der Waals surface area contributed by atoms with Crippen molar-refractivity contribution in [2.45, 2.75) is 13.0 Å². The van der Waals surface area contributed by atoms with Crippen LogP contribution in [0.25, 0.3) is 0 Å². The van der Waals surface area contributed by atoms with E-state index < -0.39 is 0 Å². The topological polar surface area (TPSA) is 90.3 Å². The number of thiazole rings is 1. The molecule has 0 aliphatic heterocycles. The molecule has 16 heavy (non-hydrogen) atoms. The number of H-pyrrole nitrogens is 1. The second kappa shape index (κ2) is 4.47. The fraction of sp³-hybridized carbons (Fsp3) is 0.250. The van der Waals surface area contributed by atoms with Gasteiger partial charge in [0, 0.05) is 0 Å². The highest BCUT2D eigenvalue weighted by atomic mass is 35.5. The Kier molecular flexibility index (Phi) is 3.03. The fourth-order valence-electron chi connectivity index (χ4n) is 1.11. The summed E-state index contributed by atoms with van der Waals surface area (Å²) in [7, 11) is 0. The summed E-state index contributed by atoms with van der Waals surface area (Å²) in [6.45, 7) is 1.90. The Morgan fingerprint density at radius 2 is 2.50 bits per heavy atom. The van der Waals surface area contributed by atoms with Gasteiger partial charge < -0.3 is 5.32 Å². The number of nitrogens with zero attached hydrogens (tertiary/aromatic N) is 4. The van der Waals surface area contributed by atoms with Gasteiger partial charge in [-0.2, -0.15) is 10.4 Å². The summed E-state index contributed by atoms with van der Waals surface area (Å²) in [6.07, 6.45) is 1.43. The molecule has 82 valence electrons. The number of nitriles is 1. The first-order valence-corrected chi connectivity index (χ1v) is 5.58. The monoisotopic (exact) mass is 254 g/mol. The normalized spacial score (nSPS) is 12.1. The van der Waals surface area contributed by atoms with Gasteiger partial charge in [-0.3, -0.25) is 5.10 Å². The highest BCUT2D eigenvalue weighted by molar-refractivity contribution is 7.16. The molecule has 0 bridgehead atoms. The third-order valence-corrected chi connectivity index (χ3v) is 3.15. The standard InChI is InChI=1S/C8H7ClN6S/c1-4(7-11-3-12-15-7)13-8-14-6(9)5(2-10)16-8/h3-4H,1H3,(H,13,14)(H,11,12,15). The molecule has 0 saturated heterocycles. The van der Waals surface area contributed by atoms with Crippen molar-refractivity contribution in [3.63, 3.8) is 0 Å². The molecule has 2 heterocycles. The zero-order valence-corrected chi connectivity index (χ0v) is 9.80. The van der Waals surface area contributed by atoms with E-state index in [1.165, 1.54) is 17.7 Å². The van der Waals surface area contributed by atoms with Crippen molar-refractivity contribution in [1.29, 1.82) is 5.26 Å². The van der Waals surface area contributed by atoms with Crippen LogP contribution in [0.1, 0.15) is 23.7 Å². The molecule has 0 spiro atoms. The minimum atomic E-state index is -0.0729. The van der Waals surface area contributed by atoms with E-state index in [9.17, 15) is 0 Å². The lowest BCUT2D eigenvalue weighted by molar-refractivity contribution is 0.794. The van der Waals surface area contributed by atoms with Gasteiger partial charge in [-0.1, -0.05) is 22.9 Å². The first-order valence-electron chi connectivity index (χ1n) is 4.39. The van der Waals surface area contributed by atoms with Crippen LogP contribution in [0.5, 0.6) is 0 Å². The Labute approximate surface area is 100 Å². The number of aromatic amines is 1. The molecule has 0 radical (unpaired) electrons. The smallest absolute Gasteiger partial charge is 0.186 e. The molecule has 6 nitrogen and oxygen atoms in total. The Hall–Kier alpha value is -1.65. The molecule has 2 aromatic rings. The van der Waals surface area contributed by atoms with Crippen molar-refractivity contribution < 1.29 is 0 Å². The van der Waals surface area contributed by atoms with Crippen molar-refractivity contribution >= 4 is 28.1 Å². The zero-order valence-electron chi connectivity index (χ0n) is 8.23. The summed E-state index contributed by atoms with van der Waals surface area (Å²) < 4.78 is 0. The second-order valence-electron chi connectivity index (χ2n) is 2.99. The van der Waals surface area contributed by atoms with Crippen LogP contribution in [0.15, 0.2) is 6.33 Å². The van der Waals surface area contributed by atoms with Gasteiger partial charge in [-0.15, -0.1) is 0 Å². The van der Waals surface area contributed by atoms with E-state index in [0.29, 0.717) is 15.8 Å². The number of nitrogens with one attached hydrogen (secondary N) is 2. The number of halogens is 1. The van der Waals surface area contributed by atoms with Crippen LogP contribution in [0, 0.1) is 11.3 Å². The fourth-order valence-corrected chi connectivity index (χ4v) is 2.14. The van der Waals surface area contributed by atoms with Crippen molar-refractivity contribution in [2.24, 2.45) is 0 Å². The summed E-state index contributed by atoms with van der Waals surface area (Å²) in [4.78, 5) is 8.43. The summed E-state index contributed by atoms with van der Waals surface area (Å²) in [5, 5.41) is 19.1. The Balaban J connectivity index is 2.13. The van der Waals surface area contributed by atoms with E-state index in [1.54, 1.807) is 0 Å². The summed E-state index contributed by atoms with van der Waals surface area (Å²) in [6, 6.07) is 1.90. The Bertz CT molecular complexity index is 513. The van der Waals surface area contributed by atoms with Gasteiger partial charge in [-0.05, 0) is 6.92 Å². The van der Waals surface area contributed by atoms with Crippen LogP contribution in [0.4, 0.5) is 5.13 Å². The van der Waals surface area contributed by atoms with Crippen LogP contribution in [0.2, 0.25) is 5.15 Å². The van der Waals surface area contributed by atoms with Gasteiger partial charge in [-0.25, -0.2) is 9.97 Å². The SMILES string of the molecule is CC(Nc1nc(Cl)c(C#N)s1)c1ncn[nH]1. The van der Waals surface area contributed by atoms with E-state index in [4.69, 9.17) is 16.9 Å². The quantitative estimate of drug-likeness (QED) is 0.874. The summed E-state index contributed by atoms with van der Waals surface area (Å²) >= 11 is 6.96. The Morgan fingerprint density at radius 3 is 3.06 bits per heavy atom. The minimum absolute atomic E-state index is 0.0729. The maximum atomic E-state index is 8.73. The van der Waals surface area contributed by atoms with E-state index >= 15 is 0 Å². The van der Waals surface area contributed by atoms with Crippen molar-refractivity contribution in [2.75, 3.05) is 5.32 Å². The van der Waals surface area contributed by atoms with Crippen LogP contribution in [0.3, 0.4) is 0 Å². The molecule has 0 aliphatic carbocycles. The lowest BCUT2D eigenvalue weighted by Gasteiger charge is -2.08. The molecule has 0 aromatic carbocycles. The molecule has 2 aromatic heterocycles. The number of aromatic nitrogens is 4. The molecular weight excluding hydrogens is 248 g/mol. The summed E-state index contributed by atoms with van der Waals surface area (Å²) in [5.41, 5.74) is 0. The molecule has 1 unspecified atom stereocenters. The molecule has 0 aliphatic rings. The average Bonchev–Trinajstić information content (AvgIpc) is 2.87. The lowest BCUT2D eigenvalue weighted by Crippen LogP contribution is -2.08. The van der Waals surface area contributed by atoms with E-state index in [2.05, 4.69) is 25.5 Å². The summed E-state index contributed by atoms with van der Waals surface area (Å²) in [5.74, 6) is 0.699. The minimum Gasteiger partial charge on any atom is -0.352 e. The number of hydrogen-bond acceptors (Lipinski definition) is 6. The van der Waals surface area contributed by atoms with Crippen LogP contribution < -0.4 is 5.32 Å². The van der Waals surface area contributed by atoms with Gasteiger partial charge >= 0.3 is 0 Å².